The summed E-state index contributed by atoms with van der Waals surface area (Å²) < 4.78 is 69.8. The second-order valence-electron chi connectivity index (χ2n) is 25.5. The second-order valence-corrected chi connectivity index (χ2v) is 28.4. The molecule has 0 aromatic rings. The van der Waals surface area contributed by atoms with Gasteiger partial charge in [-0.3, -0.25) is 27.7 Å². The summed E-state index contributed by atoms with van der Waals surface area (Å²) in [5.41, 5.74) is 0. The molecular formula is C75H138O17P2. The van der Waals surface area contributed by atoms with Gasteiger partial charge in [0.15, 0.2) is 6.10 Å². The molecule has 550 valence electrons. The zero-order chi connectivity index (χ0) is 68.6. The number of allylic oxidation sites excluding steroid dienone is 8. The molecule has 0 radical (unpaired) electrons. The van der Waals surface area contributed by atoms with Crippen molar-refractivity contribution < 1.29 is 80.2 Å². The molecule has 0 amide bonds. The van der Waals surface area contributed by atoms with Crippen LogP contribution in [0.15, 0.2) is 48.6 Å². The summed E-state index contributed by atoms with van der Waals surface area (Å²) in [5.74, 6) is -1.04. The highest BCUT2D eigenvalue weighted by molar-refractivity contribution is 7.47. The van der Waals surface area contributed by atoms with Crippen molar-refractivity contribution in [2.45, 2.75) is 353 Å². The Morgan fingerprint density at radius 2 is 0.670 bits per heavy atom. The lowest BCUT2D eigenvalue weighted by molar-refractivity contribution is -0.161. The maximum atomic E-state index is 13.1. The van der Waals surface area contributed by atoms with Gasteiger partial charge in [0.1, 0.15) is 31.4 Å². The van der Waals surface area contributed by atoms with E-state index in [0.717, 1.165) is 218 Å². The van der Waals surface area contributed by atoms with Crippen molar-refractivity contribution in [3.05, 3.63) is 48.6 Å². The SMILES string of the molecule is CCCCC/C=C\C/C=C\CCCCCCCC(=O)O[C@H](COC(=O)CCCCCCCCCCCCCCC)COP(=O)(O)OC[C@H](O)COP(=O)(O)OC[C@@H](COCCCCCCC/C=C\CCCCCCC=O)OCCCCCCC/C=C\CCCCCCC=O. The van der Waals surface area contributed by atoms with Crippen LogP contribution < -0.4 is 0 Å². The summed E-state index contributed by atoms with van der Waals surface area (Å²) in [6.45, 7) is 2.48. The van der Waals surface area contributed by atoms with E-state index < -0.39 is 72.3 Å². The molecule has 0 rings (SSSR count). The van der Waals surface area contributed by atoms with E-state index in [9.17, 15) is 43.2 Å². The topological polar surface area (TPSA) is 237 Å². The van der Waals surface area contributed by atoms with Gasteiger partial charge < -0.3 is 43.4 Å². The predicted molar refractivity (Wildman–Crippen MR) is 382 cm³/mol. The van der Waals surface area contributed by atoms with Crippen LogP contribution in [0.1, 0.15) is 335 Å². The van der Waals surface area contributed by atoms with Gasteiger partial charge in [-0.25, -0.2) is 9.13 Å². The number of carbonyl (C=O) groups is 4. The van der Waals surface area contributed by atoms with Crippen LogP contribution in [0.4, 0.5) is 0 Å². The van der Waals surface area contributed by atoms with Crippen molar-refractivity contribution in [3.63, 3.8) is 0 Å². The monoisotopic (exact) mass is 1370 g/mol. The Hall–Kier alpha value is -2.66. The summed E-state index contributed by atoms with van der Waals surface area (Å²) in [5, 5.41) is 10.6. The number of hydrogen-bond donors (Lipinski definition) is 3. The van der Waals surface area contributed by atoms with Crippen molar-refractivity contribution in [2.24, 2.45) is 0 Å². The molecule has 2 unspecified atom stereocenters. The van der Waals surface area contributed by atoms with Crippen molar-refractivity contribution in [1.29, 1.82) is 0 Å². The first-order valence-corrected chi connectivity index (χ1v) is 40.8. The number of unbranched alkanes of at least 4 members (excludes halogenated alkanes) is 40. The lowest BCUT2D eigenvalue weighted by Gasteiger charge is -2.21. The Bertz CT molecular complexity index is 1910. The van der Waals surface area contributed by atoms with Gasteiger partial charge in [0, 0.05) is 38.9 Å². The van der Waals surface area contributed by atoms with Crippen LogP contribution in [0, 0.1) is 0 Å². The van der Waals surface area contributed by atoms with Crippen LogP contribution in [-0.2, 0) is 65.4 Å². The number of hydrogen-bond acceptors (Lipinski definition) is 15. The molecule has 0 spiro atoms. The number of phosphoric acid groups is 2. The number of aliphatic hydroxyl groups excluding tert-OH is 1. The lowest BCUT2D eigenvalue weighted by Crippen LogP contribution is -2.30. The van der Waals surface area contributed by atoms with E-state index in [1.807, 2.05) is 0 Å². The van der Waals surface area contributed by atoms with Gasteiger partial charge in [-0.05, 0) is 122 Å². The minimum Gasteiger partial charge on any atom is -0.462 e. The van der Waals surface area contributed by atoms with E-state index in [-0.39, 0.29) is 26.1 Å². The van der Waals surface area contributed by atoms with Gasteiger partial charge in [0.25, 0.3) is 0 Å². The Morgan fingerprint density at radius 1 is 0.351 bits per heavy atom. The fourth-order valence-corrected chi connectivity index (χ4v) is 12.1. The minimum absolute atomic E-state index is 0.105. The van der Waals surface area contributed by atoms with Crippen LogP contribution in [0.5, 0.6) is 0 Å². The first kappa shape index (κ1) is 91.3. The number of aldehydes is 2. The van der Waals surface area contributed by atoms with E-state index in [1.54, 1.807) is 0 Å². The third-order valence-electron chi connectivity index (χ3n) is 16.3. The number of ether oxygens (including phenoxy) is 4. The summed E-state index contributed by atoms with van der Waals surface area (Å²) in [4.78, 5) is 67.9. The maximum absolute atomic E-state index is 13.1. The molecule has 17 nitrogen and oxygen atoms in total. The molecule has 94 heavy (non-hydrogen) atoms. The predicted octanol–water partition coefficient (Wildman–Crippen LogP) is 20.6. The van der Waals surface area contributed by atoms with Crippen LogP contribution in [0.3, 0.4) is 0 Å². The zero-order valence-corrected chi connectivity index (χ0v) is 61.3. The molecule has 19 heteroatoms. The Kier molecular flexibility index (Phi) is 69.6. The number of aliphatic hydroxyl groups is 1. The van der Waals surface area contributed by atoms with Gasteiger partial charge in [0.2, 0.25) is 0 Å². The maximum Gasteiger partial charge on any atom is 0.472 e. The van der Waals surface area contributed by atoms with Crippen LogP contribution in [0.2, 0.25) is 0 Å². The molecule has 0 aliphatic carbocycles. The molecule has 0 aromatic heterocycles. The fourth-order valence-electron chi connectivity index (χ4n) is 10.5. The molecule has 0 fully saturated rings. The third-order valence-corrected chi connectivity index (χ3v) is 18.2. The Morgan fingerprint density at radius 3 is 1.10 bits per heavy atom. The number of rotatable bonds is 76. The van der Waals surface area contributed by atoms with Crippen LogP contribution in [0.25, 0.3) is 0 Å². The van der Waals surface area contributed by atoms with Gasteiger partial charge in [-0.1, -0.05) is 236 Å². The summed E-state index contributed by atoms with van der Waals surface area (Å²) in [6.07, 6.45) is 67.8. The van der Waals surface area contributed by atoms with E-state index in [1.165, 1.54) is 77.0 Å². The Labute approximate surface area is 572 Å². The first-order chi connectivity index (χ1) is 45.9. The molecule has 0 aliphatic rings. The average Bonchev–Trinajstić information content (AvgIpc) is 1.87. The van der Waals surface area contributed by atoms with Crippen molar-refractivity contribution >= 4 is 40.2 Å². The zero-order valence-electron chi connectivity index (χ0n) is 59.5. The minimum atomic E-state index is -4.91. The molecular weight excluding hydrogens is 1230 g/mol. The molecule has 5 atom stereocenters. The normalized spacial score (nSPS) is 14.3. The average molecular weight is 1370 g/mol. The smallest absolute Gasteiger partial charge is 0.462 e. The van der Waals surface area contributed by atoms with Gasteiger partial charge in [-0.2, -0.15) is 0 Å². The third kappa shape index (κ3) is 70.7. The van der Waals surface area contributed by atoms with Crippen molar-refractivity contribution in [1.82, 2.24) is 0 Å². The van der Waals surface area contributed by atoms with Crippen LogP contribution >= 0.6 is 15.6 Å². The van der Waals surface area contributed by atoms with Crippen LogP contribution in [-0.4, -0.2) is 111 Å². The molecule has 0 aromatic carbocycles. The quantitative estimate of drug-likeness (QED) is 0.0169. The lowest BCUT2D eigenvalue weighted by atomic mass is 10.0. The number of esters is 2. The Balaban J connectivity index is 5.19. The second kappa shape index (κ2) is 71.6. The molecule has 3 N–H and O–H groups in total. The number of carbonyl (C=O) groups excluding carboxylic acids is 4. The highest BCUT2D eigenvalue weighted by Gasteiger charge is 2.30. The number of phosphoric ester groups is 2. The van der Waals surface area contributed by atoms with E-state index in [0.29, 0.717) is 38.9 Å². The molecule has 0 aliphatic heterocycles. The molecule has 0 bridgehead atoms. The standard InChI is InChI=1S/C75H138O17P2/c1-3-5-7-9-11-13-15-17-18-24-30-36-42-48-54-60-75(80)92-73(68-87-74(79)59-53-47-41-35-29-23-16-14-12-10-8-6-4-2)70-91-94(83,84)89-66-71(78)65-88-93(81,82)90-69-72(86-64-58-52-46-40-34-28-22-20-26-32-38-44-50-56-62-77)67-85-63-57-51-45-39-33-27-21-19-25-31-37-43-49-55-61-76/h11,13,17-22,61-62,71-73,78H,3-10,12,14-16,23-60,63-70H2,1-2H3,(H,81,82)(H,83,84)/b13-11-,18-17-,21-19-,22-20-/t71-,72-,73-/m1/s1. The summed E-state index contributed by atoms with van der Waals surface area (Å²) in [6, 6.07) is 0. The largest absolute Gasteiger partial charge is 0.472 e. The molecule has 0 saturated heterocycles. The van der Waals surface area contributed by atoms with Gasteiger partial charge in [0.05, 0.1) is 33.0 Å². The highest BCUT2D eigenvalue weighted by atomic mass is 31.2. The van der Waals surface area contributed by atoms with E-state index in [4.69, 9.17) is 37.0 Å². The summed E-state index contributed by atoms with van der Waals surface area (Å²) >= 11 is 0. The molecule has 0 heterocycles. The van der Waals surface area contributed by atoms with E-state index >= 15 is 0 Å². The first-order valence-electron chi connectivity index (χ1n) is 37.8. The van der Waals surface area contributed by atoms with Crippen molar-refractivity contribution in [2.75, 3.05) is 52.9 Å². The fraction of sp³-hybridized carbons (Fsp3) is 0.840. The highest BCUT2D eigenvalue weighted by Crippen LogP contribution is 2.45. The van der Waals surface area contributed by atoms with Crippen molar-refractivity contribution in [3.8, 4) is 0 Å². The van der Waals surface area contributed by atoms with Gasteiger partial charge >= 0.3 is 27.6 Å². The summed E-state index contributed by atoms with van der Waals surface area (Å²) in [7, 11) is -9.67. The van der Waals surface area contributed by atoms with E-state index in [2.05, 4.69) is 62.5 Å². The molecule has 0 saturated carbocycles. The van der Waals surface area contributed by atoms with Gasteiger partial charge in [-0.15, -0.1) is 0 Å².